The summed E-state index contributed by atoms with van der Waals surface area (Å²) in [6.07, 6.45) is -2.83. The van der Waals surface area contributed by atoms with Crippen molar-refractivity contribution in [1.82, 2.24) is 34.3 Å². The van der Waals surface area contributed by atoms with Crippen LogP contribution in [0.1, 0.15) is 124 Å². The molecule has 4 heterocycles. The van der Waals surface area contributed by atoms with E-state index in [1.165, 1.54) is 41.0 Å². The molecule has 1 aliphatic carbocycles. The molecule has 5 amide bonds. The number of carbonyl (C=O) groups is 5. The van der Waals surface area contributed by atoms with Crippen LogP contribution >= 0.6 is 0 Å². The number of hydrogen-bond acceptors (Lipinski definition) is 11. The Hall–Kier alpha value is -8.22. The van der Waals surface area contributed by atoms with Gasteiger partial charge in [0.1, 0.15) is 30.9 Å². The molecule has 23 heteroatoms. The van der Waals surface area contributed by atoms with Gasteiger partial charge in [0.05, 0.1) is 29.5 Å². The average molecular weight is 1390 g/mol. The number of ether oxygens (including phenoxy) is 3. The Balaban J connectivity index is 0.571. The number of nitrogens with one attached hydrogen (secondary N) is 1. The molecule has 3 fully saturated rings. The number of fused-ring (bicyclic) bond motifs is 3. The number of likely N-dealkylation sites (tertiary alicyclic amines) is 2. The second-order valence-electron chi connectivity index (χ2n) is 27.5. The van der Waals surface area contributed by atoms with Gasteiger partial charge < -0.3 is 43.6 Å². The van der Waals surface area contributed by atoms with E-state index in [-0.39, 0.29) is 55.6 Å². The largest absolute Gasteiger partial charge is 0.446 e. The van der Waals surface area contributed by atoms with Crippen LogP contribution in [0.15, 0.2) is 140 Å². The Morgan fingerprint density at radius 2 is 1.29 bits per heavy atom. The van der Waals surface area contributed by atoms with Crippen LogP contribution in [0.25, 0.3) is 11.1 Å². The van der Waals surface area contributed by atoms with Crippen LogP contribution in [-0.4, -0.2) is 189 Å². The molecule has 6 aromatic rings. The normalized spacial score (nSPS) is 18.9. The minimum absolute atomic E-state index is 0.0256. The van der Waals surface area contributed by atoms with Gasteiger partial charge in [0.2, 0.25) is 11.8 Å². The monoisotopic (exact) mass is 1390 g/mol. The van der Waals surface area contributed by atoms with Gasteiger partial charge in [0.15, 0.2) is 0 Å². The summed E-state index contributed by atoms with van der Waals surface area (Å²) in [4.78, 5) is 80.5. The molecule has 3 saturated heterocycles. The summed E-state index contributed by atoms with van der Waals surface area (Å²) in [6.45, 7) is 7.35. The topological polar surface area (TPSA) is 148 Å². The third-order valence-electron chi connectivity index (χ3n) is 20.9. The molecular formula is C77H89F7N8O8. The van der Waals surface area contributed by atoms with Crippen molar-refractivity contribution in [1.29, 1.82) is 0 Å². The summed E-state index contributed by atoms with van der Waals surface area (Å²) in [7, 11) is 5.39. The van der Waals surface area contributed by atoms with E-state index in [1.54, 1.807) is 23.9 Å². The van der Waals surface area contributed by atoms with Crippen molar-refractivity contribution in [3.05, 3.63) is 195 Å². The predicted molar refractivity (Wildman–Crippen MR) is 366 cm³/mol. The van der Waals surface area contributed by atoms with Gasteiger partial charge in [-0.3, -0.25) is 29.4 Å². The molecular weight excluding hydrogens is 1300 g/mol. The number of rotatable bonds is 25. The maximum Gasteiger partial charge on any atom is 0.416 e. The Kier molecular flexibility index (Phi) is 23.5. The number of piperidine rings is 2. The number of para-hydroxylation sites is 1. The number of alkyl halides is 6. The zero-order valence-corrected chi connectivity index (χ0v) is 57.1. The number of likely N-dealkylation sites (N-methyl/N-ethyl adjacent to an activating group) is 2. The molecule has 0 unspecified atom stereocenters. The molecule has 5 aliphatic rings. The first kappa shape index (κ1) is 73.0. The van der Waals surface area contributed by atoms with Gasteiger partial charge in [-0.05, 0) is 166 Å². The highest BCUT2D eigenvalue weighted by Crippen LogP contribution is 2.49. The third kappa shape index (κ3) is 17.9. The lowest BCUT2D eigenvalue weighted by molar-refractivity contribution is -0.143. The minimum Gasteiger partial charge on any atom is -0.446 e. The molecule has 2 atom stereocenters. The van der Waals surface area contributed by atoms with Gasteiger partial charge in [0, 0.05) is 109 Å². The highest BCUT2D eigenvalue weighted by molar-refractivity contribution is 5.95. The summed E-state index contributed by atoms with van der Waals surface area (Å²) in [5, 5.41) is 2.94. The fourth-order valence-corrected chi connectivity index (χ4v) is 14.9. The van der Waals surface area contributed by atoms with E-state index in [0.29, 0.717) is 100 Å². The van der Waals surface area contributed by atoms with Crippen LogP contribution in [0, 0.1) is 5.82 Å². The molecule has 0 aromatic heterocycles. The van der Waals surface area contributed by atoms with Gasteiger partial charge in [-0.15, -0.1) is 0 Å². The van der Waals surface area contributed by atoms with Crippen LogP contribution in [0.2, 0.25) is 0 Å². The van der Waals surface area contributed by atoms with Crippen molar-refractivity contribution in [3.8, 4) is 11.1 Å². The summed E-state index contributed by atoms with van der Waals surface area (Å²) >= 11 is 0. The quantitative estimate of drug-likeness (QED) is 0.0431. The van der Waals surface area contributed by atoms with Crippen molar-refractivity contribution in [2.75, 3.05) is 118 Å². The molecule has 0 bridgehead atoms. The van der Waals surface area contributed by atoms with E-state index in [2.05, 4.69) is 38.2 Å². The Labute approximate surface area is 580 Å². The van der Waals surface area contributed by atoms with Crippen molar-refractivity contribution < 1.29 is 68.9 Å². The van der Waals surface area contributed by atoms with Crippen molar-refractivity contribution in [2.45, 2.75) is 119 Å². The Bertz CT molecular complexity index is 3790. The van der Waals surface area contributed by atoms with Gasteiger partial charge in [0.25, 0.3) is 11.8 Å². The van der Waals surface area contributed by atoms with E-state index >= 15 is 0 Å². The fraction of sp³-hybridized carbons (Fsp3) is 0.468. The SMILES string of the molecule is CN(CCN1CCC(OC(=O)Nc2ccccc2-c2ccccc2)CC1)C(=O)CCCCCN1CCc2cc(C(=O)N(C)CCCN(C)C(=O)CO[C@H]3Cc4ccccc4C34CCN(CC[C@]3(c5ccc(F)cc5)CN(C(=O)c5cc(C(F)(F)F)cc(C(F)(F)F)c5)CO3)CC4)ccc2C1. The summed E-state index contributed by atoms with van der Waals surface area (Å²) in [5.74, 6) is -1.72. The average Bonchev–Trinajstić information content (AvgIpc) is 1.56. The van der Waals surface area contributed by atoms with Gasteiger partial charge in [-0.2, -0.15) is 26.3 Å². The molecule has 1 spiro atoms. The van der Waals surface area contributed by atoms with Gasteiger partial charge in [-0.25, -0.2) is 9.18 Å². The number of hydrogen-bond donors (Lipinski definition) is 1. The maximum absolute atomic E-state index is 14.3. The first-order valence-electron chi connectivity index (χ1n) is 34.8. The lowest BCUT2D eigenvalue weighted by Crippen LogP contribution is -2.50. The lowest BCUT2D eigenvalue weighted by Gasteiger charge is -2.44. The molecule has 11 rings (SSSR count). The standard InChI is InChI=1S/C77H89F7N8O8/c1-86(70(94)51-98-68-48-56-17-9-11-19-66(56)74(68)31-40-90(41-32-74)42-33-75(60-24-26-63(78)27-25-60)52-92(53-99-75)72(96)59-46-61(76(79,80)81)49-62(47-59)77(82,83)84)34-14-35-88(3)71(95)57-22-23-58-50-91(37-28-55(58)45-57)36-13-5-8-21-69(93)87(2)43-44-89-38-29-64(30-39-89)100-73(97)85-67-20-12-10-18-65(67)54-15-6-4-7-16-54/h4,6-7,9-12,15-20,22-27,45-47,49,64,68H,5,8,13-14,21,28-44,48,50-53H2,1-3H3,(H,85,97)/t68-,75+/m0/s1. The Morgan fingerprint density at radius 1 is 0.620 bits per heavy atom. The van der Waals surface area contributed by atoms with E-state index in [0.717, 1.165) is 99.4 Å². The van der Waals surface area contributed by atoms with Crippen LogP contribution in [0.5, 0.6) is 0 Å². The van der Waals surface area contributed by atoms with E-state index in [4.69, 9.17) is 14.2 Å². The van der Waals surface area contributed by atoms with E-state index in [9.17, 15) is 54.7 Å². The van der Waals surface area contributed by atoms with E-state index in [1.807, 2.05) is 90.8 Å². The molecule has 0 saturated carbocycles. The summed E-state index contributed by atoms with van der Waals surface area (Å²) < 4.78 is 116. The van der Waals surface area contributed by atoms with Crippen LogP contribution in [0.3, 0.4) is 0 Å². The number of benzene rings is 6. The third-order valence-corrected chi connectivity index (χ3v) is 20.9. The van der Waals surface area contributed by atoms with Crippen LogP contribution < -0.4 is 5.32 Å². The first-order chi connectivity index (χ1) is 47.9. The van der Waals surface area contributed by atoms with Gasteiger partial charge in [-0.1, -0.05) is 97.4 Å². The number of nitrogens with zero attached hydrogens (tertiary/aromatic N) is 7. The zero-order valence-electron chi connectivity index (χ0n) is 57.1. The second kappa shape index (κ2) is 32.2. The smallest absolute Gasteiger partial charge is 0.416 e. The lowest BCUT2D eigenvalue weighted by atomic mass is 9.72. The number of carbonyl (C=O) groups excluding carboxylic acids is 5. The molecule has 16 nitrogen and oxygen atoms in total. The number of anilines is 1. The van der Waals surface area contributed by atoms with Crippen molar-refractivity contribution in [3.63, 3.8) is 0 Å². The Morgan fingerprint density at radius 3 is 2.02 bits per heavy atom. The minimum atomic E-state index is -5.15. The summed E-state index contributed by atoms with van der Waals surface area (Å²) in [5.41, 5.74) is 2.82. The number of amides is 5. The number of halogens is 7. The highest BCUT2D eigenvalue weighted by Gasteiger charge is 2.50. The molecule has 100 heavy (non-hydrogen) atoms. The molecule has 0 radical (unpaired) electrons. The highest BCUT2D eigenvalue weighted by atomic mass is 19.4. The van der Waals surface area contributed by atoms with Gasteiger partial charge >= 0.3 is 18.4 Å². The van der Waals surface area contributed by atoms with Crippen LogP contribution in [-0.2, 0) is 66.6 Å². The summed E-state index contributed by atoms with van der Waals surface area (Å²) in [6, 6.07) is 38.0. The molecule has 4 aliphatic heterocycles. The number of unbranched alkanes of at least 4 members (excludes halogenated alkanes) is 2. The zero-order chi connectivity index (χ0) is 70.8. The fourth-order valence-electron chi connectivity index (χ4n) is 14.9. The van der Waals surface area contributed by atoms with Crippen LogP contribution in [0.4, 0.5) is 41.2 Å². The first-order valence-corrected chi connectivity index (χ1v) is 34.8. The second-order valence-corrected chi connectivity index (χ2v) is 27.5. The van der Waals surface area contributed by atoms with E-state index < -0.39 is 64.6 Å². The van der Waals surface area contributed by atoms with Crippen molar-refractivity contribution in [2.24, 2.45) is 0 Å². The predicted octanol–water partition coefficient (Wildman–Crippen LogP) is 12.9. The maximum atomic E-state index is 14.3. The molecule has 534 valence electrons. The molecule has 6 aromatic carbocycles. The molecule has 1 N–H and O–H groups in total. The van der Waals surface area contributed by atoms with Crippen molar-refractivity contribution >= 4 is 35.4 Å².